The van der Waals surface area contributed by atoms with Gasteiger partial charge in [0, 0.05) is 42.9 Å². The lowest BCUT2D eigenvalue weighted by atomic mass is 10.2. The van der Waals surface area contributed by atoms with Crippen molar-refractivity contribution in [3.63, 3.8) is 0 Å². The molecule has 4 heteroatoms. The molecule has 0 atom stereocenters. The van der Waals surface area contributed by atoms with Crippen molar-refractivity contribution >= 4 is 17.3 Å². The van der Waals surface area contributed by atoms with Gasteiger partial charge >= 0.3 is 0 Å². The van der Waals surface area contributed by atoms with Gasteiger partial charge in [-0.15, -0.1) is 0 Å². The first-order valence-corrected chi connectivity index (χ1v) is 8.65. The van der Waals surface area contributed by atoms with Gasteiger partial charge in [0.1, 0.15) is 0 Å². The summed E-state index contributed by atoms with van der Waals surface area (Å²) in [5, 5.41) is 4.42. The van der Waals surface area contributed by atoms with E-state index in [9.17, 15) is 0 Å². The molecule has 1 aliphatic carbocycles. The van der Waals surface area contributed by atoms with Gasteiger partial charge < -0.3 is 10.2 Å². The van der Waals surface area contributed by atoms with Gasteiger partial charge in [-0.3, -0.25) is 4.90 Å². The van der Waals surface area contributed by atoms with E-state index in [2.05, 4.69) is 27.2 Å². The second-order valence-corrected chi connectivity index (χ2v) is 6.68. The molecule has 2 fully saturated rings. The highest BCUT2D eigenvalue weighted by atomic mass is 35.5. The number of anilines is 1. The second-order valence-electron chi connectivity index (χ2n) is 6.24. The van der Waals surface area contributed by atoms with Gasteiger partial charge in [-0.2, -0.15) is 0 Å². The maximum Gasteiger partial charge on any atom is 0.0426 e. The Labute approximate surface area is 133 Å². The normalized spacial score (nSPS) is 20.0. The maximum atomic E-state index is 6.07. The van der Waals surface area contributed by atoms with Crippen LogP contribution in [-0.4, -0.2) is 50.2 Å². The summed E-state index contributed by atoms with van der Waals surface area (Å²) in [6, 6.07) is 9.06. The van der Waals surface area contributed by atoms with E-state index in [4.69, 9.17) is 11.6 Å². The molecule has 0 amide bonds. The predicted molar refractivity (Wildman–Crippen MR) is 90.4 cm³/mol. The van der Waals surface area contributed by atoms with Crippen LogP contribution in [-0.2, 0) is 0 Å². The predicted octanol–water partition coefficient (Wildman–Crippen LogP) is 2.99. The van der Waals surface area contributed by atoms with E-state index in [0.717, 1.165) is 24.2 Å². The second kappa shape index (κ2) is 7.48. The van der Waals surface area contributed by atoms with Crippen molar-refractivity contribution in [1.29, 1.82) is 0 Å². The molecule has 1 N–H and O–H groups in total. The molecule has 1 saturated heterocycles. The fraction of sp³-hybridized carbons (Fsp3) is 0.647. The highest BCUT2D eigenvalue weighted by molar-refractivity contribution is 6.30. The molecule has 2 aliphatic rings. The third-order valence-corrected chi connectivity index (χ3v) is 4.69. The molecular weight excluding hydrogens is 282 g/mol. The highest BCUT2D eigenvalue weighted by Crippen LogP contribution is 2.21. The van der Waals surface area contributed by atoms with Gasteiger partial charge in [0.15, 0.2) is 0 Å². The lowest BCUT2D eigenvalue weighted by Crippen LogP contribution is -2.46. The third kappa shape index (κ3) is 4.87. The van der Waals surface area contributed by atoms with Crippen LogP contribution in [0.5, 0.6) is 0 Å². The molecule has 0 radical (unpaired) electrons. The Morgan fingerprint density at radius 1 is 1.10 bits per heavy atom. The van der Waals surface area contributed by atoms with Gasteiger partial charge in [0.25, 0.3) is 0 Å². The Kier molecular flexibility index (Phi) is 5.39. The van der Waals surface area contributed by atoms with Crippen molar-refractivity contribution in [2.24, 2.45) is 0 Å². The standard InChI is InChI=1S/C17H26ClN3/c18-15-4-3-5-17(14-15)21-12-10-20(11-13-21)9-2-1-8-19-16-6-7-16/h3-5,14,16,19H,1-2,6-13H2. The molecule has 1 aromatic carbocycles. The van der Waals surface area contributed by atoms with E-state index in [1.165, 1.54) is 57.5 Å². The Balaban J connectivity index is 1.32. The van der Waals surface area contributed by atoms with Crippen molar-refractivity contribution in [3.05, 3.63) is 29.3 Å². The average molecular weight is 308 g/mol. The lowest BCUT2D eigenvalue weighted by molar-refractivity contribution is 0.252. The monoisotopic (exact) mass is 307 g/mol. The molecular formula is C17H26ClN3. The fourth-order valence-corrected chi connectivity index (χ4v) is 3.14. The average Bonchev–Trinajstić information content (AvgIpc) is 3.32. The summed E-state index contributed by atoms with van der Waals surface area (Å²) in [6.45, 7) is 7.01. The van der Waals surface area contributed by atoms with Crippen LogP contribution in [0.4, 0.5) is 5.69 Å². The Morgan fingerprint density at radius 3 is 2.62 bits per heavy atom. The van der Waals surface area contributed by atoms with Crippen molar-refractivity contribution in [3.8, 4) is 0 Å². The van der Waals surface area contributed by atoms with E-state index >= 15 is 0 Å². The lowest BCUT2D eigenvalue weighted by Gasteiger charge is -2.36. The summed E-state index contributed by atoms with van der Waals surface area (Å²) in [5.41, 5.74) is 1.26. The first-order chi connectivity index (χ1) is 10.3. The largest absolute Gasteiger partial charge is 0.369 e. The van der Waals surface area contributed by atoms with Gasteiger partial charge in [0.2, 0.25) is 0 Å². The molecule has 0 unspecified atom stereocenters. The minimum atomic E-state index is 0.832. The fourth-order valence-electron chi connectivity index (χ4n) is 2.96. The quantitative estimate of drug-likeness (QED) is 0.781. The van der Waals surface area contributed by atoms with Crippen molar-refractivity contribution in [1.82, 2.24) is 10.2 Å². The van der Waals surface area contributed by atoms with Crippen molar-refractivity contribution in [2.45, 2.75) is 31.7 Å². The molecule has 0 bridgehead atoms. The van der Waals surface area contributed by atoms with Crippen LogP contribution < -0.4 is 10.2 Å². The maximum absolute atomic E-state index is 6.07. The Morgan fingerprint density at radius 2 is 1.90 bits per heavy atom. The number of piperazine rings is 1. The van der Waals surface area contributed by atoms with Crippen LogP contribution in [0, 0.1) is 0 Å². The van der Waals surface area contributed by atoms with Crippen LogP contribution in [0.2, 0.25) is 5.02 Å². The molecule has 3 rings (SSSR count). The summed E-state index contributed by atoms with van der Waals surface area (Å²) in [7, 11) is 0. The van der Waals surface area contributed by atoms with Gasteiger partial charge in [-0.25, -0.2) is 0 Å². The molecule has 3 nitrogen and oxygen atoms in total. The number of unbranched alkanes of at least 4 members (excludes halogenated alkanes) is 1. The zero-order chi connectivity index (χ0) is 14.5. The van der Waals surface area contributed by atoms with Crippen LogP contribution in [0.1, 0.15) is 25.7 Å². The Hall–Kier alpha value is -0.770. The van der Waals surface area contributed by atoms with E-state index in [1.807, 2.05) is 12.1 Å². The molecule has 1 saturated carbocycles. The van der Waals surface area contributed by atoms with Crippen molar-refractivity contribution < 1.29 is 0 Å². The molecule has 116 valence electrons. The minimum absolute atomic E-state index is 0.832. The topological polar surface area (TPSA) is 18.5 Å². The molecule has 1 aliphatic heterocycles. The van der Waals surface area contributed by atoms with E-state index in [-0.39, 0.29) is 0 Å². The number of benzene rings is 1. The summed E-state index contributed by atoms with van der Waals surface area (Å²) < 4.78 is 0. The molecule has 0 aromatic heterocycles. The smallest absolute Gasteiger partial charge is 0.0426 e. The molecule has 21 heavy (non-hydrogen) atoms. The first-order valence-electron chi connectivity index (χ1n) is 8.27. The zero-order valence-electron chi connectivity index (χ0n) is 12.7. The molecule has 1 aromatic rings. The first kappa shape index (κ1) is 15.1. The van der Waals surface area contributed by atoms with E-state index < -0.39 is 0 Å². The summed E-state index contributed by atoms with van der Waals surface area (Å²) in [4.78, 5) is 5.04. The van der Waals surface area contributed by atoms with Gasteiger partial charge in [-0.1, -0.05) is 17.7 Å². The third-order valence-electron chi connectivity index (χ3n) is 4.46. The summed E-state index contributed by atoms with van der Waals surface area (Å²) >= 11 is 6.07. The Bertz CT molecular complexity index is 439. The number of hydrogen-bond donors (Lipinski definition) is 1. The van der Waals surface area contributed by atoms with Crippen LogP contribution in [0.25, 0.3) is 0 Å². The summed E-state index contributed by atoms with van der Waals surface area (Å²) in [6.07, 6.45) is 5.42. The number of nitrogens with one attached hydrogen (secondary N) is 1. The summed E-state index contributed by atoms with van der Waals surface area (Å²) in [5.74, 6) is 0. The number of hydrogen-bond acceptors (Lipinski definition) is 3. The van der Waals surface area contributed by atoms with E-state index in [0.29, 0.717) is 0 Å². The number of halogens is 1. The van der Waals surface area contributed by atoms with Gasteiger partial charge in [0.05, 0.1) is 0 Å². The molecule has 0 spiro atoms. The van der Waals surface area contributed by atoms with Crippen LogP contribution in [0.15, 0.2) is 24.3 Å². The zero-order valence-corrected chi connectivity index (χ0v) is 13.5. The highest BCUT2D eigenvalue weighted by Gasteiger charge is 2.20. The van der Waals surface area contributed by atoms with Crippen LogP contribution in [0.3, 0.4) is 0 Å². The number of rotatable bonds is 7. The van der Waals surface area contributed by atoms with Crippen LogP contribution >= 0.6 is 11.6 Å². The number of nitrogens with zero attached hydrogens (tertiary/aromatic N) is 2. The van der Waals surface area contributed by atoms with Crippen molar-refractivity contribution in [2.75, 3.05) is 44.2 Å². The molecule has 1 heterocycles. The van der Waals surface area contributed by atoms with E-state index in [1.54, 1.807) is 0 Å². The van der Waals surface area contributed by atoms with Gasteiger partial charge in [-0.05, 0) is 57.0 Å². The SMILES string of the molecule is Clc1cccc(N2CCN(CCCCNC3CC3)CC2)c1. The minimum Gasteiger partial charge on any atom is -0.369 e.